The van der Waals surface area contributed by atoms with Gasteiger partial charge in [-0.3, -0.25) is 0 Å². The van der Waals surface area contributed by atoms with E-state index in [0.717, 1.165) is 10.4 Å². The fourth-order valence-corrected chi connectivity index (χ4v) is 3.73. The number of methoxy groups -OCH3 is 3. The largest absolute Gasteiger partial charge is 0.493 e. The summed E-state index contributed by atoms with van der Waals surface area (Å²) < 4.78 is 16.0. The number of anilines is 1. The standard InChI is InChI=1S/C22H20N2O4S/c1-26-18-11-16(20-5-4-10-29-20)17(12-19(18)27-2)21(22(25)28-3)24-15-8-6-14(13-23)7-9-15/h4-12,21,24H,1-3H3. The van der Waals surface area contributed by atoms with Crippen molar-refractivity contribution in [3.05, 3.63) is 65.0 Å². The molecule has 0 spiro atoms. The van der Waals surface area contributed by atoms with Crippen LogP contribution in [0.3, 0.4) is 0 Å². The number of hydrogen-bond acceptors (Lipinski definition) is 7. The van der Waals surface area contributed by atoms with E-state index in [0.29, 0.717) is 28.3 Å². The van der Waals surface area contributed by atoms with Crippen molar-refractivity contribution < 1.29 is 19.0 Å². The van der Waals surface area contributed by atoms with Crippen LogP contribution in [0.15, 0.2) is 53.9 Å². The summed E-state index contributed by atoms with van der Waals surface area (Å²) in [6.45, 7) is 0. The van der Waals surface area contributed by atoms with E-state index >= 15 is 0 Å². The molecule has 0 radical (unpaired) electrons. The number of nitrogens with one attached hydrogen (secondary N) is 1. The van der Waals surface area contributed by atoms with Crippen molar-refractivity contribution >= 4 is 23.0 Å². The summed E-state index contributed by atoms with van der Waals surface area (Å²) in [6, 6.07) is 15.7. The summed E-state index contributed by atoms with van der Waals surface area (Å²) in [6.07, 6.45) is 0. The van der Waals surface area contributed by atoms with Gasteiger partial charge >= 0.3 is 5.97 Å². The molecule has 1 atom stereocenters. The van der Waals surface area contributed by atoms with E-state index in [9.17, 15) is 4.79 Å². The minimum Gasteiger partial charge on any atom is -0.493 e. The number of carbonyl (C=O) groups is 1. The second kappa shape index (κ2) is 9.13. The molecular formula is C22H20N2O4S. The lowest BCUT2D eigenvalue weighted by Gasteiger charge is -2.22. The first kappa shape index (κ1) is 20.2. The first-order valence-corrected chi connectivity index (χ1v) is 9.63. The summed E-state index contributed by atoms with van der Waals surface area (Å²) in [5, 5.41) is 14.2. The number of ether oxygens (including phenoxy) is 3. The van der Waals surface area contributed by atoms with Gasteiger partial charge in [0.25, 0.3) is 0 Å². The van der Waals surface area contributed by atoms with Gasteiger partial charge in [-0.05, 0) is 53.4 Å². The van der Waals surface area contributed by atoms with E-state index in [1.807, 2.05) is 23.6 Å². The van der Waals surface area contributed by atoms with Gasteiger partial charge in [0.05, 0.1) is 33.0 Å². The maximum atomic E-state index is 12.7. The summed E-state index contributed by atoms with van der Waals surface area (Å²) in [7, 11) is 4.47. The molecule has 0 aliphatic rings. The number of benzene rings is 2. The van der Waals surface area contributed by atoms with Crippen LogP contribution in [0.2, 0.25) is 0 Å². The van der Waals surface area contributed by atoms with Gasteiger partial charge in [0.1, 0.15) is 0 Å². The van der Waals surface area contributed by atoms with Crippen molar-refractivity contribution in [1.82, 2.24) is 0 Å². The van der Waals surface area contributed by atoms with E-state index in [1.165, 1.54) is 7.11 Å². The molecular weight excluding hydrogens is 388 g/mol. The molecule has 3 rings (SSSR count). The quantitative estimate of drug-likeness (QED) is 0.574. The normalized spacial score (nSPS) is 11.2. The number of hydrogen-bond donors (Lipinski definition) is 1. The van der Waals surface area contributed by atoms with Gasteiger partial charge in [0.15, 0.2) is 17.5 Å². The van der Waals surface area contributed by atoms with Crippen molar-refractivity contribution in [3.8, 4) is 28.0 Å². The highest BCUT2D eigenvalue weighted by molar-refractivity contribution is 7.13. The second-order valence-corrected chi connectivity index (χ2v) is 7.01. The smallest absolute Gasteiger partial charge is 0.333 e. The highest BCUT2D eigenvalue weighted by atomic mass is 32.1. The van der Waals surface area contributed by atoms with Crippen LogP contribution in [0.4, 0.5) is 5.69 Å². The molecule has 6 nitrogen and oxygen atoms in total. The lowest BCUT2D eigenvalue weighted by atomic mass is 9.97. The molecule has 0 saturated carbocycles. The SMILES string of the molecule is COC(=O)C(Nc1ccc(C#N)cc1)c1cc(OC)c(OC)cc1-c1cccs1. The first-order chi connectivity index (χ1) is 14.1. The lowest BCUT2D eigenvalue weighted by Crippen LogP contribution is -2.23. The Kier molecular flexibility index (Phi) is 6.37. The number of rotatable bonds is 7. The average Bonchev–Trinajstić information content (AvgIpc) is 3.31. The first-order valence-electron chi connectivity index (χ1n) is 8.75. The topological polar surface area (TPSA) is 80.6 Å². The Morgan fingerprint density at radius 3 is 2.31 bits per heavy atom. The third kappa shape index (κ3) is 4.33. The Hall–Kier alpha value is -3.50. The monoisotopic (exact) mass is 408 g/mol. The molecule has 148 valence electrons. The molecule has 0 saturated heterocycles. The van der Waals surface area contributed by atoms with E-state index < -0.39 is 12.0 Å². The molecule has 3 aromatic rings. The predicted octanol–water partition coefficient (Wildman–Crippen LogP) is 4.63. The maximum absolute atomic E-state index is 12.7. The molecule has 1 unspecified atom stereocenters. The second-order valence-electron chi connectivity index (χ2n) is 6.06. The number of carbonyl (C=O) groups excluding carboxylic acids is 1. The highest BCUT2D eigenvalue weighted by Gasteiger charge is 2.27. The molecule has 1 N–H and O–H groups in total. The van der Waals surface area contributed by atoms with E-state index in [4.69, 9.17) is 19.5 Å². The van der Waals surface area contributed by atoms with Crippen LogP contribution in [0.1, 0.15) is 17.2 Å². The number of esters is 1. The molecule has 0 aliphatic heterocycles. The Labute approximate surface area is 173 Å². The van der Waals surface area contributed by atoms with E-state index in [2.05, 4.69) is 11.4 Å². The van der Waals surface area contributed by atoms with Crippen LogP contribution in [0, 0.1) is 11.3 Å². The summed E-state index contributed by atoms with van der Waals surface area (Å²) in [4.78, 5) is 13.7. The Morgan fingerprint density at radius 1 is 1.07 bits per heavy atom. The molecule has 0 bridgehead atoms. The van der Waals surface area contributed by atoms with Gasteiger partial charge in [0.2, 0.25) is 0 Å². The summed E-state index contributed by atoms with van der Waals surface area (Å²) in [5.74, 6) is 0.638. The van der Waals surface area contributed by atoms with Gasteiger partial charge in [-0.25, -0.2) is 4.79 Å². The number of nitriles is 1. The molecule has 1 aromatic heterocycles. The highest BCUT2D eigenvalue weighted by Crippen LogP contribution is 2.41. The van der Waals surface area contributed by atoms with Crippen molar-refractivity contribution in [2.45, 2.75) is 6.04 Å². The van der Waals surface area contributed by atoms with Crippen LogP contribution < -0.4 is 14.8 Å². The van der Waals surface area contributed by atoms with E-state index in [-0.39, 0.29) is 0 Å². The third-order valence-corrected chi connectivity index (χ3v) is 5.32. The van der Waals surface area contributed by atoms with Crippen LogP contribution in [0.25, 0.3) is 10.4 Å². The van der Waals surface area contributed by atoms with Crippen molar-refractivity contribution in [2.75, 3.05) is 26.6 Å². The molecule has 7 heteroatoms. The zero-order valence-corrected chi connectivity index (χ0v) is 17.1. The fourth-order valence-electron chi connectivity index (χ4n) is 2.97. The number of nitrogens with zero attached hydrogens (tertiary/aromatic N) is 1. The zero-order valence-electron chi connectivity index (χ0n) is 16.3. The lowest BCUT2D eigenvalue weighted by molar-refractivity contribution is -0.141. The summed E-state index contributed by atoms with van der Waals surface area (Å²) in [5.41, 5.74) is 2.76. The average molecular weight is 408 g/mol. The van der Waals surface area contributed by atoms with Crippen LogP contribution in [-0.4, -0.2) is 27.3 Å². The molecule has 0 fully saturated rings. The molecule has 29 heavy (non-hydrogen) atoms. The molecule has 0 amide bonds. The minimum atomic E-state index is -0.787. The van der Waals surface area contributed by atoms with Crippen molar-refractivity contribution in [3.63, 3.8) is 0 Å². The maximum Gasteiger partial charge on any atom is 0.333 e. The Bertz CT molecular complexity index is 1020. The van der Waals surface area contributed by atoms with Crippen LogP contribution in [0.5, 0.6) is 11.5 Å². The van der Waals surface area contributed by atoms with E-state index in [1.54, 1.807) is 55.9 Å². The molecule has 1 heterocycles. The predicted molar refractivity (Wildman–Crippen MR) is 112 cm³/mol. The van der Waals surface area contributed by atoms with Gasteiger partial charge in [0, 0.05) is 16.1 Å². The van der Waals surface area contributed by atoms with Gasteiger partial charge in [-0.2, -0.15) is 5.26 Å². The Balaban J connectivity index is 2.13. The molecule has 0 aliphatic carbocycles. The fraction of sp³-hybridized carbons (Fsp3) is 0.182. The summed E-state index contributed by atoms with van der Waals surface area (Å²) >= 11 is 1.56. The minimum absolute atomic E-state index is 0.445. The van der Waals surface area contributed by atoms with Gasteiger partial charge < -0.3 is 19.5 Å². The molecule has 2 aromatic carbocycles. The van der Waals surface area contributed by atoms with Gasteiger partial charge in [-0.15, -0.1) is 11.3 Å². The van der Waals surface area contributed by atoms with Crippen LogP contribution in [-0.2, 0) is 9.53 Å². The number of thiophene rings is 1. The van der Waals surface area contributed by atoms with Crippen molar-refractivity contribution in [1.29, 1.82) is 5.26 Å². The van der Waals surface area contributed by atoms with Crippen molar-refractivity contribution in [2.24, 2.45) is 0 Å². The zero-order chi connectivity index (χ0) is 20.8. The van der Waals surface area contributed by atoms with Crippen LogP contribution >= 0.6 is 11.3 Å². The Morgan fingerprint density at radius 2 is 1.76 bits per heavy atom. The third-order valence-electron chi connectivity index (χ3n) is 4.42. The van der Waals surface area contributed by atoms with Gasteiger partial charge in [-0.1, -0.05) is 6.07 Å².